The highest BCUT2D eigenvalue weighted by atomic mass is 35.5. The maximum absolute atomic E-state index is 11.1. The van der Waals surface area contributed by atoms with Crippen LogP contribution in [0.15, 0.2) is 24.3 Å². The van der Waals surface area contributed by atoms with Crippen LogP contribution in [-0.2, 0) is 4.79 Å². The van der Waals surface area contributed by atoms with Gasteiger partial charge in [-0.25, -0.2) is 4.98 Å². The maximum atomic E-state index is 11.1. The summed E-state index contributed by atoms with van der Waals surface area (Å²) in [6.45, 7) is 4.82. The van der Waals surface area contributed by atoms with Crippen LogP contribution in [-0.4, -0.2) is 28.6 Å². The molecule has 1 aromatic carbocycles. The molecule has 0 unspecified atom stereocenters. The molecule has 1 aliphatic rings. The van der Waals surface area contributed by atoms with Crippen molar-refractivity contribution >= 4 is 34.0 Å². The van der Waals surface area contributed by atoms with E-state index in [1.807, 2.05) is 0 Å². The first-order valence-corrected chi connectivity index (χ1v) is 10.4. The van der Waals surface area contributed by atoms with E-state index in [1.54, 1.807) is 0 Å². The second-order valence-electron chi connectivity index (χ2n) is 7.17. The summed E-state index contributed by atoms with van der Waals surface area (Å²) < 4.78 is 0.663. The minimum Gasteiger partial charge on any atom is -0.481 e. The van der Waals surface area contributed by atoms with Gasteiger partial charge >= 0.3 is 5.97 Å². The van der Waals surface area contributed by atoms with E-state index in [1.165, 1.54) is 29.7 Å². The Balaban J connectivity index is 1.87. The molecule has 4 nitrogen and oxygen atoms in total. The molecule has 0 amide bonds. The summed E-state index contributed by atoms with van der Waals surface area (Å²) in [5.41, 5.74) is 3.08. The molecule has 0 aliphatic heterocycles. The summed E-state index contributed by atoms with van der Waals surface area (Å²) in [4.78, 5) is 18.0. The minimum absolute atomic E-state index is 0.117. The number of nitrogens with zero attached hydrogens (tertiary/aromatic N) is 2. The lowest BCUT2D eigenvalue weighted by Gasteiger charge is -2.27. The Morgan fingerprint density at radius 3 is 2.54 bits per heavy atom. The largest absolute Gasteiger partial charge is 0.481 e. The summed E-state index contributed by atoms with van der Waals surface area (Å²) in [5, 5.41) is 9.93. The third kappa shape index (κ3) is 4.38. The van der Waals surface area contributed by atoms with Crippen LogP contribution < -0.4 is 4.90 Å². The predicted octanol–water partition coefficient (Wildman–Crippen LogP) is 5.81. The van der Waals surface area contributed by atoms with E-state index < -0.39 is 5.97 Å². The number of rotatable bonds is 7. The standard InChI is InChI=1S/C20H25ClN2O2S/c1-13(2)14-7-9-15(10-8-14)18-19(21)26-20(22-18)23(12-11-17(24)25)16-5-3-4-6-16/h7-10,13,16H,3-6,11-12H2,1-2H3,(H,24,25). The summed E-state index contributed by atoms with van der Waals surface area (Å²) in [6, 6.07) is 8.74. The number of carboxylic acid groups (broad SMARTS) is 1. The van der Waals surface area contributed by atoms with E-state index in [9.17, 15) is 4.79 Å². The van der Waals surface area contributed by atoms with Gasteiger partial charge in [0.2, 0.25) is 0 Å². The molecule has 1 saturated carbocycles. The van der Waals surface area contributed by atoms with Gasteiger partial charge in [0, 0.05) is 18.2 Å². The fourth-order valence-electron chi connectivity index (χ4n) is 3.48. The first kappa shape index (κ1) is 19.2. The van der Waals surface area contributed by atoms with Gasteiger partial charge in [-0.2, -0.15) is 0 Å². The third-order valence-electron chi connectivity index (χ3n) is 5.00. The van der Waals surface area contributed by atoms with E-state index in [4.69, 9.17) is 21.7 Å². The van der Waals surface area contributed by atoms with Crippen molar-refractivity contribution in [3.05, 3.63) is 34.2 Å². The van der Waals surface area contributed by atoms with Gasteiger partial charge in [0.15, 0.2) is 5.13 Å². The number of benzene rings is 1. The smallest absolute Gasteiger partial charge is 0.305 e. The van der Waals surface area contributed by atoms with Crippen molar-refractivity contribution in [1.82, 2.24) is 4.98 Å². The molecule has 0 radical (unpaired) electrons. The van der Waals surface area contributed by atoms with Gasteiger partial charge in [0.1, 0.15) is 10.0 Å². The van der Waals surface area contributed by atoms with Gasteiger partial charge in [-0.15, -0.1) is 0 Å². The van der Waals surface area contributed by atoms with E-state index in [0.717, 1.165) is 29.2 Å². The number of halogens is 1. The van der Waals surface area contributed by atoms with Gasteiger partial charge in [-0.3, -0.25) is 4.79 Å². The van der Waals surface area contributed by atoms with Crippen molar-refractivity contribution in [3.8, 4) is 11.3 Å². The number of hydrogen-bond donors (Lipinski definition) is 1. The van der Waals surface area contributed by atoms with Crippen LogP contribution in [0.5, 0.6) is 0 Å². The summed E-state index contributed by atoms with van der Waals surface area (Å²) in [7, 11) is 0. The summed E-state index contributed by atoms with van der Waals surface area (Å²) in [5.74, 6) is -0.292. The molecule has 1 heterocycles. The van der Waals surface area contributed by atoms with Gasteiger partial charge in [-0.1, -0.05) is 73.9 Å². The van der Waals surface area contributed by atoms with E-state index in [-0.39, 0.29) is 6.42 Å². The highest BCUT2D eigenvalue weighted by Crippen LogP contribution is 2.39. The van der Waals surface area contributed by atoms with Crippen LogP contribution in [0.4, 0.5) is 5.13 Å². The zero-order valence-electron chi connectivity index (χ0n) is 15.2. The Morgan fingerprint density at radius 1 is 1.31 bits per heavy atom. The Bertz CT molecular complexity index is 752. The Morgan fingerprint density at radius 2 is 1.96 bits per heavy atom. The number of carbonyl (C=O) groups is 1. The van der Waals surface area contributed by atoms with Crippen LogP contribution in [0.1, 0.15) is 57.4 Å². The van der Waals surface area contributed by atoms with E-state index >= 15 is 0 Å². The molecular formula is C20H25ClN2O2S. The van der Waals surface area contributed by atoms with Crippen LogP contribution in [0.3, 0.4) is 0 Å². The molecule has 140 valence electrons. The second kappa shape index (κ2) is 8.40. The van der Waals surface area contributed by atoms with Gasteiger partial charge in [0.25, 0.3) is 0 Å². The first-order chi connectivity index (χ1) is 12.5. The molecule has 0 saturated heterocycles. The number of anilines is 1. The maximum Gasteiger partial charge on any atom is 0.305 e. The molecule has 0 bridgehead atoms. The lowest BCUT2D eigenvalue weighted by molar-refractivity contribution is -0.136. The lowest BCUT2D eigenvalue weighted by atomic mass is 10.0. The van der Waals surface area contributed by atoms with Crippen molar-refractivity contribution in [2.24, 2.45) is 0 Å². The lowest BCUT2D eigenvalue weighted by Crippen LogP contribution is -2.35. The molecule has 3 rings (SSSR count). The Kier molecular flexibility index (Phi) is 6.20. The average molecular weight is 393 g/mol. The molecule has 1 aromatic heterocycles. The third-order valence-corrected chi connectivity index (χ3v) is 6.29. The molecule has 0 atom stereocenters. The Hall–Kier alpha value is -1.59. The topological polar surface area (TPSA) is 53.4 Å². The second-order valence-corrected chi connectivity index (χ2v) is 8.75. The summed E-state index contributed by atoms with van der Waals surface area (Å²) in [6.07, 6.45) is 4.68. The fraction of sp³-hybridized carbons (Fsp3) is 0.500. The number of carboxylic acids is 1. The molecule has 0 spiro atoms. The highest BCUT2D eigenvalue weighted by Gasteiger charge is 2.26. The zero-order valence-corrected chi connectivity index (χ0v) is 16.8. The zero-order chi connectivity index (χ0) is 18.7. The normalized spacial score (nSPS) is 14.9. The molecule has 26 heavy (non-hydrogen) atoms. The molecule has 1 aliphatic carbocycles. The number of aromatic nitrogens is 1. The fourth-order valence-corrected chi connectivity index (χ4v) is 4.76. The minimum atomic E-state index is -0.778. The molecule has 2 aromatic rings. The monoisotopic (exact) mass is 392 g/mol. The Labute approximate surface area is 163 Å². The van der Waals surface area contributed by atoms with Crippen molar-refractivity contribution in [3.63, 3.8) is 0 Å². The molecule has 6 heteroatoms. The van der Waals surface area contributed by atoms with Crippen LogP contribution in [0, 0.1) is 0 Å². The van der Waals surface area contributed by atoms with Gasteiger partial charge < -0.3 is 10.0 Å². The van der Waals surface area contributed by atoms with Gasteiger partial charge in [0.05, 0.1) is 6.42 Å². The van der Waals surface area contributed by atoms with Crippen LogP contribution in [0.25, 0.3) is 11.3 Å². The molecule has 1 N–H and O–H groups in total. The molecular weight excluding hydrogens is 368 g/mol. The van der Waals surface area contributed by atoms with Crippen molar-refractivity contribution in [2.45, 2.75) is 57.9 Å². The van der Waals surface area contributed by atoms with Gasteiger partial charge in [-0.05, 0) is 24.3 Å². The van der Waals surface area contributed by atoms with Crippen molar-refractivity contribution < 1.29 is 9.90 Å². The van der Waals surface area contributed by atoms with Crippen LogP contribution >= 0.6 is 22.9 Å². The SMILES string of the molecule is CC(C)c1ccc(-c2nc(N(CCC(=O)O)C3CCCC3)sc2Cl)cc1. The first-order valence-electron chi connectivity index (χ1n) is 9.21. The predicted molar refractivity (Wildman–Crippen MR) is 109 cm³/mol. The number of hydrogen-bond acceptors (Lipinski definition) is 4. The average Bonchev–Trinajstić information content (AvgIpc) is 3.25. The summed E-state index contributed by atoms with van der Waals surface area (Å²) >= 11 is 7.96. The number of aliphatic carboxylic acids is 1. The van der Waals surface area contributed by atoms with E-state index in [0.29, 0.717) is 22.8 Å². The quantitative estimate of drug-likeness (QED) is 0.645. The van der Waals surface area contributed by atoms with E-state index in [2.05, 4.69) is 43.0 Å². The van der Waals surface area contributed by atoms with Crippen LogP contribution in [0.2, 0.25) is 4.34 Å². The van der Waals surface area contributed by atoms with Crippen molar-refractivity contribution in [1.29, 1.82) is 0 Å². The highest BCUT2D eigenvalue weighted by molar-refractivity contribution is 7.20. The van der Waals surface area contributed by atoms with Crippen molar-refractivity contribution in [2.75, 3.05) is 11.4 Å². The number of thiazole rings is 1. The molecule has 1 fully saturated rings.